The van der Waals surface area contributed by atoms with Crippen molar-refractivity contribution < 1.29 is 14.3 Å². The largest absolute Gasteiger partial charge is 0.497 e. The quantitative estimate of drug-likeness (QED) is 0.846. The lowest BCUT2D eigenvalue weighted by Gasteiger charge is -2.13. The Kier molecular flexibility index (Phi) is 4.55. The average molecular weight is 301 g/mol. The summed E-state index contributed by atoms with van der Waals surface area (Å²) in [6, 6.07) is 7.15. The van der Waals surface area contributed by atoms with Crippen molar-refractivity contribution in [1.82, 2.24) is 4.90 Å². The third kappa shape index (κ3) is 3.13. The van der Waals surface area contributed by atoms with Crippen LogP contribution in [0.2, 0.25) is 0 Å². The SMILES string of the molecule is COc1ccc(N[C@H]2SC(=O)N(CCCl)C2=O)cc1. The molecule has 1 aliphatic rings. The van der Waals surface area contributed by atoms with E-state index in [1.54, 1.807) is 31.4 Å². The van der Waals surface area contributed by atoms with Crippen LogP contribution in [-0.4, -0.2) is 41.0 Å². The summed E-state index contributed by atoms with van der Waals surface area (Å²) in [6.45, 7) is 0.243. The standard InChI is InChI=1S/C12H13ClN2O3S/c1-18-9-4-2-8(3-5-9)14-10-11(16)15(7-6-13)12(17)19-10/h2-5,10,14H,6-7H2,1H3/t10-/m0/s1. The first kappa shape index (κ1) is 14.0. The molecule has 0 bridgehead atoms. The van der Waals surface area contributed by atoms with E-state index in [4.69, 9.17) is 16.3 Å². The van der Waals surface area contributed by atoms with E-state index in [-0.39, 0.29) is 23.6 Å². The number of amides is 2. The predicted octanol–water partition coefficient (Wildman–Crippen LogP) is 2.37. The minimum absolute atomic E-state index is 0.243. The highest BCUT2D eigenvalue weighted by molar-refractivity contribution is 8.15. The van der Waals surface area contributed by atoms with Crippen LogP contribution in [0.3, 0.4) is 0 Å². The topological polar surface area (TPSA) is 58.6 Å². The van der Waals surface area contributed by atoms with Crippen molar-refractivity contribution in [1.29, 1.82) is 0 Å². The summed E-state index contributed by atoms with van der Waals surface area (Å²) in [4.78, 5) is 24.8. The molecule has 2 amide bonds. The molecule has 1 N–H and O–H groups in total. The van der Waals surface area contributed by atoms with Crippen LogP contribution in [0.25, 0.3) is 0 Å². The Bertz CT molecular complexity index is 480. The van der Waals surface area contributed by atoms with Crippen molar-refractivity contribution in [2.75, 3.05) is 24.9 Å². The maximum absolute atomic E-state index is 12.0. The Morgan fingerprint density at radius 2 is 2.05 bits per heavy atom. The molecule has 5 nitrogen and oxygen atoms in total. The van der Waals surface area contributed by atoms with Gasteiger partial charge in [-0.05, 0) is 36.0 Å². The van der Waals surface area contributed by atoms with Gasteiger partial charge in [-0.3, -0.25) is 14.5 Å². The van der Waals surface area contributed by atoms with Crippen molar-refractivity contribution in [2.45, 2.75) is 5.37 Å². The molecule has 1 atom stereocenters. The lowest BCUT2D eigenvalue weighted by atomic mass is 10.3. The first-order valence-electron chi connectivity index (χ1n) is 5.64. The van der Waals surface area contributed by atoms with Gasteiger partial charge in [-0.1, -0.05) is 0 Å². The number of hydrogen-bond donors (Lipinski definition) is 1. The minimum atomic E-state index is -0.593. The molecule has 1 aliphatic heterocycles. The molecule has 0 unspecified atom stereocenters. The summed E-state index contributed by atoms with van der Waals surface area (Å²) in [7, 11) is 1.58. The summed E-state index contributed by atoms with van der Waals surface area (Å²) in [5.74, 6) is 0.718. The minimum Gasteiger partial charge on any atom is -0.497 e. The molecular formula is C12H13ClN2O3S. The number of nitrogens with one attached hydrogen (secondary N) is 1. The van der Waals surface area contributed by atoms with Gasteiger partial charge in [0, 0.05) is 18.1 Å². The molecule has 0 saturated carbocycles. The maximum Gasteiger partial charge on any atom is 0.290 e. The van der Waals surface area contributed by atoms with Gasteiger partial charge in [-0.2, -0.15) is 0 Å². The Labute approximate surface area is 120 Å². The fourth-order valence-electron chi connectivity index (χ4n) is 1.66. The van der Waals surface area contributed by atoms with Gasteiger partial charge in [0.1, 0.15) is 5.75 Å². The van der Waals surface area contributed by atoms with E-state index in [9.17, 15) is 9.59 Å². The second-order valence-electron chi connectivity index (χ2n) is 3.82. The summed E-state index contributed by atoms with van der Waals surface area (Å²) in [5, 5.41) is 2.15. The van der Waals surface area contributed by atoms with E-state index in [2.05, 4.69) is 5.32 Å². The highest BCUT2D eigenvalue weighted by Crippen LogP contribution is 2.28. The number of nitrogens with zero attached hydrogens (tertiary/aromatic N) is 1. The molecule has 7 heteroatoms. The van der Waals surface area contributed by atoms with Crippen molar-refractivity contribution in [3.8, 4) is 5.75 Å². The number of methoxy groups -OCH3 is 1. The number of benzene rings is 1. The molecule has 0 aromatic heterocycles. The van der Waals surface area contributed by atoms with Crippen LogP contribution in [0.1, 0.15) is 0 Å². The number of halogens is 1. The van der Waals surface area contributed by atoms with Crippen molar-refractivity contribution >= 4 is 40.2 Å². The third-order valence-corrected chi connectivity index (χ3v) is 3.77. The molecule has 1 fully saturated rings. The zero-order chi connectivity index (χ0) is 13.8. The van der Waals surface area contributed by atoms with Crippen LogP contribution >= 0.6 is 23.4 Å². The molecule has 1 aromatic rings. The third-order valence-electron chi connectivity index (χ3n) is 2.63. The number of rotatable bonds is 5. The number of anilines is 1. The molecule has 1 aromatic carbocycles. The van der Waals surface area contributed by atoms with Gasteiger partial charge in [0.05, 0.1) is 7.11 Å². The van der Waals surface area contributed by atoms with Crippen molar-refractivity contribution in [3.63, 3.8) is 0 Å². The number of thioether (sulfide) groups is 1. The summed E-state index contributed by atoms with van der Waals surface area (Å²) in [6.07, 6.45) is 0. The Morgan fingerprint density at radius 3 is 2.63 bits per heavy atom. The highest BCUT2D eigenvalue weighted by Gasteiger charge is 2.39. The van der Waals surface area contributed by atoms with Crippen LogP contribution in [0.15, 0.2) is 24.3 Å². The monoisotopic (exact) mass is 300 g/mol. The zero-order valence-electron chi connectivity index (χ0n) is 10.3. The van der Waals surface area contributed by atoms with Gasteiger partial charge >= 0.3 is 0 Å². The molecule has 1 heterocycles. The fraction of sp³-hybridized carbons (Fsp3) is 0.333. The van der Waals surface area contributed by atoms with E-state index < -0.39 is 5.37 Å². The number of imide groups is 1. The summed E-state index contributed by atoms with van der Waals surface area (Å²) >= 11 is 6.53. The zero-order valence-corrected chi connectivity index (χ0v) is 11.8. The molecule has 0 spiro atoms. The van der Waals surface area contributed by atoms with E-state index in [0.717, 1.165) is 23.2 Å². The lowest BCUT2D eigenvalue weighted by molar-refractivity contribution is -0.126. The van der Waals surface area contributed by atoms with E-state index in [1.807, 2.05) is 0 Å². The van der Waals surface area contributed by atoms with Gasteiger partial charge in [-0.25, -0.2) is 0 Å². The van der Waals surface area contributed by atoms with Crippen LogP contribution in [0, 0.1) is 0 Å². The van der Waals surface area contributed by atoms with Crippen molar-refractivity contribution in [2.24, 2.45) is 0 Å². The Morgan fingerprint density at radius 1 is 1.37 bits per heavy atom. The number of alkyl halides is 1. The molecule has 0 radical (unpaired) electrons. The predicted molar refractivity (Wildman–Crippen MR) is 75.8 cm³/mol. The Balaban J connectivity index is 2.03. The molecule has 19 heavy (non-hydrogen) atoms. The highest BCUT2D eigenvalue weighted by atomic mass is 35.5. The first-order valence-corrected chi connectivity index (χ1v) is 7.05. The van der Waals surface area contributed by atoms with E-state index in [0.29, 0.717) is 0 Å². The van der Waals surface area contributed by atoms with Gasteiger partial charge < -0.3 is 10.1 Å². The van der Waals surface area contributed by atoms with Gasteiger partial charge in [0.15, 0.2) is 5.37 Å². The maximum atomic E-state index is 12.0. The molecule has 1 saturated heterocycles. The summed E-state index contributed by atoms with van der Waals surface area (Å²) < 4.78 is 5.05. The van der Waals surface area contributed by atoms with E-state index in [1.165, 1.54) is 4.90 Å². The van der Waals surface area contributed by atoms with Gasteiger partial charge in [0.25, 0.3) is 11.1 Å². The molecule has 102 valence electrons. The van der Waals surface area contributed by atoms with Crippen LogP contribution in [0.5, 0.6) is 5.75 Å². The van der Waals surface area contributed by atoms with Crippen LogP contribution < -0.4 is 10.1 Å². The molecular weight excluding hydrogens is 288 g/mol. The fourth-order valence-corrected chi connectivity index (χ4v) is 2.76. The molecule has 2 rings (SSSR count). The number of carbonyl (C=O) groups is 2. The lowest BCUT2D eigenvalue weighted by Crippen LogP contribution is -2.35. The smallest absolute Gasteiger partial charge is 0.290 e. The normalized spacial score (nSPS) is 18.8. The van der Waals surface area contributed by atoms with Gasteiger partial charge in [0.2, 0.25) is 0 Å². The average Bonchev–Trinajstić information content (AvgIpc) is 2.68. The number of carbonyl (C=O) groups excluding carboxylic acids is 2. The van der Waals surface area contributed by atoms with Crippen LogP contribution in [-0.2, 0) is 4.79 Å². The van der Waals surface area contributed by atoms with Crippen molar-refractivity contribution in [3.05, 3.63) is 24.3 Å². The Hall–Kier alpha value is -1.40. The van der Waals surface area contributed by atoms with Crippen LogP contribution in [0.4, 0.5) is 10.5 Å². The second kappa shape index (κ2) is 6.16. The van der Waals surface area contributed by atoms with E-state index >= 15 is 0 Å². The second-order valence-corrected chi connectivity index (χ2v) is 5.25. The van der Waals surface area contributed by atoms with Gasteiger partial charge in [-0.15, -0.1) is 11.6 Å². The number of ether oxygens (including phenoxy) is 1. The molecule has 0 aliphatic carbocycles. The number of hydrogen-bond acceptors (Lipinski definition) is 5. The first-order chi connectivity index (χ1) is 9.15. The summed E-state index contributed by atoms with van der Waals surface area (Å²) in [5.41, 5.74) is 0.757.